The first kappa shape index (κ1) is 32.2. The first-order valence-corrected chi connectivity index (χ1v) is 15.4. The van der Waals surface area contributed by atoms with Crippen molar-refractivity contribution in [3.8, 4) is 0 Å². The molecule has 236 valence electrons. The van der Waals surface area contributed by atoms with Gasteiger partial charge in [0.15, 0.2) is 5.78 Å². The highest BCUT2D eigenvalue weighted by Gasteiger charge is 2.39. The Morgan fingerprint density at radius 3 is 2.18 bits per heavy atom. The number of likely N-dealkylation sites (tertiary alicyclic amines) is 2. The third-order valence-corrected chi connectivity index (χ3v) is 8.61. The second kappa shape index (κ2) is 15.2. The Bertz CT molecular complexity index is 1440. The van der Waals surface area contributed by atoms with Gasteiger partial charge in [0.25, 0.3) is 0 Å². The number of nitrogens with zero attached hydrogens (tertiary/aromatic N) is 7. The number of oxime groups is 1. The van der Waals surface area contributed by atoms with Gasteiger partial charge < -0.3 is 25.3 Å². The lowest BCUT2D eigenvalue weighted by Crippen LogP contribution is -2.56. The van der Waals surface area contributed by atoms with Crippen LogP contribution in [-0.4, -0.2) is 105 Å². The zero-order chi connectivity index (χ0) is 31.8. The van der Waals surface area contributed by atoms with Crippen molar-refractivity contribution in [2.75, 3.05) is 52.1 Å². The Kier molecular flexibility index (Phi) is 10.9. The normalized spacial score (nSPS) is 18.3. The van der Waals surface area contributed by atoms with Gasteiger partial charge in [-0.1, -0.05) is 17.3 Å². The summed E-state index contributed by atoms with van der Waals surface area (Å²) in [6.45, 7) is 7.00. The van der Waals surface area contributed by atoms with Crippen molar-refractivity contribution in [2.24, 2.45) is 22.9 Å². The van der Waals surface area contributed by atoms with E-state index < -0.39 is 7.05 Å². The molecule has 0 unspecified atom stereocenters. The summed E-state index contributed by atoms with van der Waals surface area (Å²) in [5.74, 6) is 1.15. The summed E-state index contributed by atoms with van der Waals surface area (Å²) < 4.78 is 0. The average Bonchev–Trinajstić information content (AvgIpc) is 3.00. The summed E-state index contributed by atoms with van der Waals surface area (Å²) in [6.07, 6.45) is 6.89. The number of nitrogen functional groups attached to an aromatic ring is 1. The number of pyridine rings is 3. The van der Waals surface area contributed by atoms with Gasteiger partial charge in [0.1, 0.15) is 24.3 Å². The molecule has 3 fully saturated rings. The van der Waals surface area contributed by atoms with Crippen molar-refractivity contribution in [1.82, 2.24) is 29.6 Å². The fourth-order valence-corrected chi connectivity index (χ4v) is 5.92. The van der Waals surface area contributed by atoms with Crippen molar-refractivity contribution < 1.29 is 19.5 Å². The Morgan fingerprint density at radius 1 is 0.933 bits per heavy atom. The predicted molar refractivity (Wildman–Crippen MR) is 172 cm³/mol. The molecule has 0 aromatic carbocycles. The van der Waals surface area contributed by atoms with E-state index in [9.17, 15) is 14.6 Å². The molecule has 12 nitrogen and oxygen atoms in total. The van der Waals surface area contributed by atoms with E-state index in [-0.39, 0.29) is 29.4 Å². The minimum Gasteiger partial charge on any atom is -0.437 e. The number of nitrogens with two attached hydrogens (primary N) is 1. The quantitative estimate of drug-likeness (QED) is 0.159. The molecule has 0 aliphatic carbocycles. The number of aromatic nitrogens is 3. The van der Waals surface area contributed by atoms with Gasteiger partial charge in [-0.05, 0) is 74.7 Å². The van der Waals surface area contributed by atoms with Crippen LogP contribution in [0, 0.1) is 17.8 Å². The average molecular weight is 613 g/mol. The largest absolute Gasteiger partial charge is 0.437 e. The van der Waals surface area contributed by atoms with Gasteiger partial charge >= 0.3 is 7.05 Å². The number of piperidine rings is 1. The van der Waals surface area contributed by atoms with Gasteiger partial charge in [0.2, 0.25) is 5.91 Å². The van der Waals surface area contributed by atoms with Crippen LogP contribution in [0.2, 0.25) is 6.82 Å². The highest BCUT2D eigenvalue weighted by molar-refractivity contribution is 6.45. The van der Waals surface area contributed by atoms with Crippen LogP contribution in [0.1, 0.15) is 34.6 Å². The third-order valence-electron chi connectivity index (χ3n) is 8.61. The summed E-state index contributed by atoms with van der Waals surface area (Å²) in [7, 11) is 1.08. The molecule has 0 saturated carbocycles. The van der Waals surface area contributed by atoms with Gasteiger partial charge in [-0.2, -0.15) is 0 Å². The van der Waals surface area contributed by atoms with E-state index in [0.717, 1.165) is 49.4 Å². The maximum absolute atomic E-state index is 12.9. The van der Waals surface area contributed by atoms with Gasteiger partial charge in [-0.25, -0.2) is 4.98 Å². The molecule has 3 saturated heterocycles. The predicted octanol–water partition coefficient (Wildman–Crippen LogP) is 2.09. The smallest absolute Gasteiger partial charge is 0.376 e. The first-order chi connectivity index (χ1) is 21.8. The Balaban J connectivity index is 0.000000223. The van der Waals surface area contributed by atoms with Crippen LogP contribution in [0.3, 0.4) is 0 Å². The standard InChI is InChI=1S/C22H28N6O2.C10H13BN2O2/c1-30-26-21(19-4-2-3-8-24-19)18-14-28(15-18)22(29)17-6-10-27(11-7-17)13-16-5-9-25-20(23)12-16;1-11(15)13-6-8(7-13)10(14)9-4-2-3-5-12-9/h2-5,8-9,12,17-18H,6-7,10-11,13-15H2,1H3,(H2,23,25);2-5,8,15H,6-7H2,1H3/b26-21+;. The molecule has 3 aliphatic heterocycles. The highest BCUT2D eigenvalue weighted by atomic mass is 16.6. The Hall–Kier alpha value is -4.20. The van der Waals surface area contributed by atoms with E-state index in [4.69, 9.17) is 10.6 Å². The zero-order valence-corrected chi connectivity index (χ0v) is 25.9. The lowest BCUT2D eigenvalue weighted by molar-refractivity contribution is -0.142. The molecule has 3 aromatic rings. The lowest BCUT2D eigenvalue weighted by atomic mass is 9.77. The van der Waals surface area contributed by atoms with Crippen LogP contribution in [0.25, 0.3) is 0 Å². The molecular formula is C32H41BN8O4. The number of hydrogen-bond acceptors (Lipinski definition) is 11. The summed E-state index contributed by atoms with van der Waals surface area (Å²) >= 11 is 0. The Labute approximate surface area is 264 Å². The van der Waals surface area contributed by atoms with Crippen LogP contribution < -0.4 is 5.73 Å². The van der Waals surface area contributed by atoms with Crippen molar-refractivity contribution >= 4 is 30.3 Å². The molecule has 0 atom stereocenters. The number of rotatable bonds is 9. The number of Topliss-reactive ketones (excluding diaryl/α,β-unsaturated/α-hetero) is 1. The maximum atomic E-state index is 12.9. The molecule has 3 aliphatic rings. The molecule has 6 heterocycles. The van der Waals surface area contributed by atoms with E-state index in [1.807, 2.05) is 46.1 Å². The van der Waals surface area contributed by atoms with Crippen molar-refractivity contribution in [3.63, 3.8) is 0 Å². The van der Waals surface area contributed by atoms with Crippen LogP contribution in [0.5, 0.6) is 0 Å². The summed E-state index contributed by atoms with van der Waals surface area (Å²) in [4.78, 5) is 48.4. The van der Waals surface area contributed by atoms with E-state index in [0.29, 0.717) is 37.7 Å². The molecule has 13 heteroatoms. The molecule has 0 radical (unpaired) electrons. The summed E-state index contributed by atoms with van der Waals surface area (Å²) in [5, 5.41) is 13.4. The number of hydrogen-bond donors (Lipinski definition) is 2. The van der Waals surface area contributed by atoms with E-state index in [1.165, 1.54) is 0 Å². The summed E-state index contributed by atoms with van der Waals surface area (Å²) in [6, 6.07) is 15.0. The van der Waals surface area contributed by atoms with Crippen molar-refractivity contribution in [1.29, 1.82) is 0 Å². The molecule has 6 rings (SSSR count). The van der Waals surface area contributed by atoms with Gasteiger partial charge in [0.05, 0.1) is 5.69 Å². The third kappa shape index (κ3) is 8.30. The van der Waals surface area contributed by atoms with E-state index in [1.54, 1.807) is 44.7 Å². The molecule has 1 amide bonds. The van der Waals surface area contributed by atoms with E-state index >= 15 is 0 Å². The molecule has 3 aromatic heterocycles. The van der Waals surface area contributed by atoms with E-state index in [2.05, 4.69) is 25.0 Å². The topological polar surface area (TPSA) is 150 Å². The fourth-order valence-electron chi connectivity index (χ4n) is 5.92. The molecular weight excluding hydrogens is 571 g/mol. The second-order valence-corrected chi connectivity index (χ2v) is 11.8. The number of anilines is 1. The molecule has 45 heavy (non-hydrogen) atoms. The van der Waals surface area contributed by atoms with Gasteiger partial charge in [-0.15, -0.1) is 0 Å². The Morgan fingerprint density at radius 2 is 1.60 bits per heavy atom. The van der Waals surface area contributed by atoms with Crippen LogP contribution in [0.4, 0.5) is 5.82 Å². The van der Waals surface area contributed by atoms with Crippen LogP contribution >= 0.6 is 0 Å². The van der Waals surface area contributed by atoms with Gasteiger partial charge in [0, 0.05) is 69.1 Å². The maximum Gasteiger partial charge on any atom is 0.376 e. The van der Waals surface area contributed by atoms with Crippen molar-refractivity contribution in [3.05, 3.63) is 84.1 Å². The van der Waals surface area contributed by atoms with Crippen molar-refractivity contribution in [2.45, 2.75) is 26.2 Å². The lowest BCUT2D eigenvalue weighted by Gasteiger charge is -2.42. The highest BCUT2D eigenvalue weighted by Crippen LogP contribution is 2.27. The number of carbonyl (C=O) groups is 2. The molecule has 0 bridgehead atoms. The number of ketones is 1. The fraction of sp³-hybridized carbons (Fsp3) is 0.438. The number of carbonyl (C=O) groups excluding carboxylic acids is 2. The molecule has 3 N–H and O–H groups in total. The minimum atomic E-state index is -0.460. The second-order valence-electron chi connectivity index (χ2n) is 11.8. The van der Waals surface area contributed by atoms with Gasteiger partial charge in [-0.3, -0.25) is 24.5 Å². The first-order valence-electron chi connectivity index (χ1n) is 15.4. The number of amides is 1. The minimum absolute atomic E-state index is 0.00509. The SMILES string of the molecule is CB(O)N1CC(C(=O)c2ccccn2)C1.CO/N=C(/c1ccccn1)C1CN(C(=O)C2CCN(Cc3ccnc(N)c3)CC2)C1. The monoisotopic (exact) mass is 612 g/mol. The zero-order valence-electron chi connectivity index (χ0n) is 25.9. The molecule has 0 spiro atoms. The van der Waals surface area contributed by atoms with Crippen LogP contribution in [0.15, 0.2) is 72.3 Å². The van der Waals surface area contributed by atoms with Crippen LogP contribution in [-0.2, 0) is 16.2 Å². The summed E-state index contributed by atoms with van der Waals surface area (Å²) in [5.41, 5.74) is 9.07.